The van der Waals surface area contributed by atoms with E-state index in [2.05, 4.69) is 15.3 Å². The third-order valence-electron chi connectivity index (χ3n) is 2.28. The fraction of sp³-hybridized carbons (Fsp3) is 0.167. The van der Waals surface area contributed by atoms with Crippen molar-refractivity contribution in [2.45, 2.75) is 6.42 Å². The number of rotatable bonds is 4. The Bertz CT molecular complexity index is 425. The van der Waals surface area contributed by atoms with Crippen molar-refractivity contribution >= 4 is 11.5 Å². The van der Waals surface area contributed by atoms with Crippen molar-refractivity contribution in [1.82, 2.24) is 9.97 Å². The molecule has 4 nitrogen and oxygen atoms in total. The number of benzene rings is 1. The van der Waals surface area contributed by atoms with Gasteiger partial charge in [-0.3, -0.25) is 0 Å². The molecule has 0 saturated carbocycles. The van der Waals surface area contributed by atoms with Gasteiger partial charge in [-0.15, -0.1) is 0 Å². The second-order valence-corrected chi connectivity index (χ2v) is 3.51. The fourth-order valence-electron chi connectivity index (χ4n) is 1.41. The Morgan fingerprint density at radius 3 is 2.62 bits per heavy atom. The van der Waals surface area contributed by atoms with Gasteiger partial charge in [0.05, 0.1) is 0 Å². The van der Waals surface area contributed by atoms with Crippen LogP contribution in [0, 0.1) is 0 Å². The van der Waals surface area contributed by atoms with Gasteiger partial charge in [-0.05, 0) is 30.2 Å². The highest BCUT2D eigenvalue weighted by molar-refractivity contribution is 5.39. The zero-order valence-corrected chi connectivity index (χ0v) is 8.93. The van der Waals surface area contributed by atoms with E-state index in [1.165, 1.54) is 11.9 Å². The van der Waals surface area contributed by atoms with E-state index >= 15 is 0 Å². The van der Waals surface area contributed by atoms with Gasteiger partial charge in [-0.25, -0.2) is 9.97 Å². The molecule has 0 radical (unpaired) electrons. The summed E-state index contributed by atoms with van der Waals surface area (Å²) < 4.78 is 0. The highest BCUT2D eigenvalue weighted by Gasteiger charge is 1.94. The van der Waals surface area contributed by atoms with E-state index in [-0.39, 0.29) is 0 Å². The van der Waals surface area contributed by atoms with E-state index in [1.807, 2.05) is 30.3 Å². The maximum Gasteiger partial charge on any atom is 0.129 e. The summed E-state index contributed by atoms with van der Waals surface area (Å²) >= 11 is 0. The van der Waals surface area contributed by atoms with Crippen molar-refractivity contribution in [3.8, 4) is 0 Å². The fourth-order valence-corrected chi connectivity index (χ4v) is 1.41. The van der Waals surface area contributed by atoms with Crippen molar-refractivity contribution in [2.24, 2.45) is 0 Å². The van der Waals surface area contributed by atoms with E-state index in [1.54, 1.807) is 6.20 Å². The molecular formula is C12H14N4. The first kappa shape index (κ1) is 10.4. The molecule has 1 heterocycles. The molecule has 0 spiro atoms. The van der Waals surface area contributed by atoms with Crippen LogP contribution in [0.1, 0.15) is 5.56 Å². The van der Waals surface area contributed by atoms with Gasteiger partial charge >= 0.3 is 0 Å². The summed E-state index contributed by atoms with van der Waals surface area (Å²) in [6, 6.07) is 9.76. The Morgan fingerprint density at radius 2 is 1.94 bits per heavy atom. The number of hydrogen-bond acceptors (Lipinski definition) is 4. The van der Waals surface area contributed by atoms with Crippen molar-refractivity contribution in [3.05, 3.63) is 48.4 Å². The highest BCUT2D eigenvalue weighted by Crippen LogP contribution is 2.06. The van der Waals surface area contributed by atoms with Crippen molar-refractivity contribution < 1.29 is 0 Å². The number of nitrogens with two attached hydrogens (primary N) is 1. The second kappa shape index (κ2) is 5.11. The van der Waals surface area contributed by atoms with Crippen LogP contribution in [0.15, 0.2) is 42.9 Å². The van der Waals surface area contributed by atoms with Crippen LogP contribution in [-0.2, 0) is 6.42 Å². The van der Waals surface area contributed by atoms with Gasteiger partial charge < -0.3 is 11.1 Å². The lowest BCUT2D eigenvalue weighted by Crippen LogP contribution is -2.06. The van der Waals surface area contributed by atoms with Crippen LogP contribution in [0.3, 0.4) is 0 Å². The van der Waals surface area contributed by atoms with Crippen LogP contribution in [0.4, 0.5) is 11.5 Å². The van der Waals surface area contributed by atoms with Gasteiger partial charge in [-0.1, -0.05) is 12.1 Å². The van der Waals surface area contributed by atoms with E-state index in [0.717, 1.165) is 24.5 Å². The van der Waals surface area contributed by atoms with Crippen LogP contribution in [0.2, 0.25) is 0 Å². The van der Waals surface area contributed by atoms with Gasteiger partial charge in [0.15, 0.2) is 0 Å². The Morgan fingerprint density at radius 1 is 1.12 bits per heavy atom. The summed E-state index contributed by atoms with van der Waals surface area (Å²) in [5, 5.41) is 3.23. The summed E-state index contributed by atoms with van der Waals surface area (Å²) in [6.07, 6.45) is 4.20. The first-order valence-corrected chi connectivity index (χ1v) is 5.19. The predicted molar refractivity (Wildman–Crippen MR) is 65.1 cm³/mol. The number of nitrogen functional groups attached to an aromatic ring is 1. The summed E-state index contributed by atoms with van der Waals surface area (Å²) in [5.74, 6) is 0.852. The van der Waals surface area contributed by atoms with Crippen LogP contribution in [-0.4, -0.2) is 16.5 Å². The summed E-state index contributed by atoms with van der Waals surface area (Å²) in [6.45, 7) is 0.848. The van der Waals surface area contributed by atoms with Crippen molar-refractivity contribution in [1.29, 1.82) is 0 Å². The molecule has 0 unspecified atom stereocenters. The third kappa shape index (κ3) is 2.95. The van der Waals surface area contributed by atoms with Crippen LogP contribution >= 0.6 is 0 Å². The molecule has 0 fully saturated rings. The topological polar surface area (TPSA) is 63.8 Å². The average molecular weight is 214 g/mol. The Hall–Kier alpha value is -2.10. The molecule has 0 aliphatic heterocycles. The molecule has 0 aliphatic carbocycles. The van der Waals surface area contributed by atoms with Crippen molar-refractivity contribution in [2.75, 3.05) is 17.6 Å². The monoisotopic (exact) mass is 214 g/mol. The van der Waals surface area contributed by atoms with Crippen LogP contribution in [0.25, 0.3) is 0 Å². The van der Waals surface area contributed by atoms with Crippen molar-refractivity contribution in [3.63, 3.8) is 0 Å². The Labute approximate surface area is 94.5 Å². The molecule has 3 N–H and O–H groups in total. The van der Waals surface area contributed by atoms with Gasteiger partial charge in [-0.2, -0.15) is 0 Å². The Balaban J connectivity index is 1.82. The first-order chi connectivity index (χ1) is 7.84. The predicted octanol–water partition coefficient (Wildman–Crippen LogP) is 1.71. The minimum atomic E-state index is 0.799. The lowest BCUT2D eigenvalue weighted by molar-refractivity contribution is 0.999. The number of anilines is 2. The smallest absolute Gasteiger partial charge is 0.129 e. The molecule has 1 aromatic carbocycles. The summed E-state index contributed by atoms with van der Waals surface area (Å²) in [5.41, 5.74) is 7.67. The Kier molecular flexibility index (Phi) is 3.33. The van der Waals surface area contributed by atoms with Gasteiger partial charge in [0.2, 0.25) is 0 Å². The zero-order chi connectivity index (χ0) is 11.2. The van der Waals surface area contributed by atoms with E-state index in [9.17, 15) is 0 Å². The lowest BCUT2D eigenvalue weighted by Gasteiger charge is -2.05. The van der Waals surface area contributed by atoms with Gasteiger partial charge in [0.25, 0.3) is 0 Å². The standard InChI is InChI=1S/C12H14N4/c13-11-3-1-10(2-4-11)5-8-15-12-6-7-14-9-16-12/h1-4,6-7,9H,5,8,13H2,(H,14,15,16). The number of nitrogens with one attached hydrogen (secondary N) is 1. The third-order valence-corrected chi connectivity index (χ3v) is 2.28. The number of nitrogens with zero attached hydrogens (tertiary/aromatic N) is 2. The van der Waals surface area contributed by atoms with Gasteiger partial charge in [0.1, 0.15) is 12.1 Å². The lowest BCUT2D eigenvalue weighted by atomic mass is 10.1. The van der Waals surface area contributed by atoms with E-state index in [4.69, 9.17) is 5.73 Å². The molecule has 0 amide bonds. The molecule has 1 aromatic heterocycles. The highest BCUT2D eigenvalue weighted by atomic mass is 15.0. The number of hydrogen-bond donors (Lipinski definition) is 2. The molecule has 0 atom stereocenters. The molecule has 4 heteroatoms. The maximum absolute atomic E-state index is 5.61. The first-order valence-electron chi connectivity index (χ1n) is 5.19. The van der Waals surface area contributed by atoms with Gasteiger partial charge in [0, 0.05) is 18.4 Å². The average Bonchev–Trinajstić information content (AvgIpc) is 2.33. The summed E-state index contributed by atoms with van der Waals surface area (Å²) in [7, 11) is 0. The quantitative estimate of drug-likeness (QED) is 0.760. The normalized spacial score (nSPS) is 10.0. The maximum atomic E-state index is 5.61. The molecule has 0 saturated heterocycles. The van der Waals surface area contributed by atoms with Crippen LogP contribution in [0.5, 0.6) is 0 Å². The minimum absolute atomic E-state index is 0.799. The molecule has 82 valence electrons. The molecule has 2 aromatic rings. The second-order valence-electron chi connectivity index (χ2n) is 3.51. The van der Waals surface area contributed by atoms with Crippen LogP contribution < -0.4 is 11.1 Å². The summed E-state index contributed by atoms with van der Waals surface area (Å²) in [4.78, 5) is 7.94. The molecule has 0 aliphatic rings. The number of aromatic nitrogens is 2. The molecular weight excluding hydrogens is 200 g/mol. The molecule has 2 rings (SSSR count). The van der Waals surface area contributed by atoms with E-state index in [0.29, 0.717) is 0 Å². The minimum Gasteiger partial charge on any atom is -0.399 e. The SMILES string of the molecule is Nc1ccc(CCNc2ccncn2)cc1. The van der Waals surface area contributed by atoms with E-state index < -0.39 is 0 Å². The molecule has 0 bridgehead atoms. The zero-order valence-electron chi connectivity index (χ0n) is 8.93. The molecule has 16 heavy (non-hydrogen) atoms. The largest absolute Gasteiger partial charge is 0.399 e.